The number of benzene rings is 1. The van der Waals surface area contributed by atoms with Gasteiger partial charge in [-0.15, -0.1) is 0 Å². The predicted molar refractivity (Wildman–Crippen MR) is 75.9 cm³/mol. The van der Waals surface area contributed by atoms with Gasteiger partial charge in [-0.3, -0.25) is 0 Å². The van der Waals surface area contributed by atoms with Crippen LogP contribution < -0.4 is 10.6 Å². The van der Waals surface area contributed by atoms with Crippen LogP contribution in [-0.2, 0) is 15.7 Å². The van der Waals surface area contributed by atoms with Gasteiger partial charge in [0, 0.05) is 12.2 Å². The van der Waals surface area contributed by atoms with Gasteiger partial charge >= 0.3 is 12.1 Å². The van der Waals surface area contributed by atoms with E-state index >= 15 is 0 Å². The van der Waals surface area contributed by atoms with Crippen LogP contribution in [0.15, 0.2) is 47.8 Å². The fourth-order valence-electron chi connectivity index (χ4n) is 1.92. The molecule has 2 rings (SSSR count). The third-order valence-electron chi connectivity index (χ3n) is 2.91. The molecule has 0 bridgehead atoms. The van der Waals surface area contributed by atoms with Gasteiger partial charge in [0.2, 0.25) is 0 Å². The zero-order valence-electron chi connectivity index (χ0n) is 11.8. The highest BCUT2D eigenvalue weighted by atomic mass is 19.4. The van der Waals surface area contributed by atoms with Gasteiger partial charge in [-0.05, 0) is 31.2 Å². The van der Waals surface area contributed by atoms with Gasteiger partial charge in [0.25, 0.3) is 0 Å². The molecule has 7 heteroatoms. The highest BCUT2D eigenvalue weighted by Gasteiger charge is 2.30. The number of halogens is 3. The van der Waals surface area contributed by atoms with E-state index in [0.29, 0.717) is 12.4 Å². The van der Waals surface area contributed by atoms with E-state index in [4.69, 9.17) is 4.74 Å². The molecule has 1 aliphatic heterocycles. The number of rotatable bonds is 4. The molecule has 0 saturated heterocycles. The fourth-order valence-corrected chi connectivity index (χ4v) is 1.92. The minimum absolute atomic E-state index is 0.215. The van der Waals surface area contributed by atoms with E-state index in [-0.39, 0.29) is 17.9 Å². The number of alkyl halides is 3. The lowest BCUT2D eigenvalue weighted by atomic mass is 10.1. The van der Waals surface area contributed by atoms with Crippen LogP contribution in [0.1, 0.15) is 12.5 Å². The molecular formula is C15H15F3N2O2. The minimum Gasteiger partial charge on any atom is -0.462 e. The van der Waals surface area contributed by atoms with Crippen LogP contribution >= 0.6 is 0 Å². The first kappa shape index (κ1) is 15.9. The Bertz CT molecular complexity index is 621. The number of carbonyl (C=O) groups is 1. The smallest absolute Gasteiger partial charge is 0.416 e. The van der Waals surface area contributed by atoms with Crippen LogP contribution in [0.2, 0.25) is 0 Å². The molecule has 4 nitrogen and oxygen atoms in total. The van der Waals surface area contributed by atoms with E-state index in [0.717, 1.165) is 12.1 Å². The van der Waals surface area contributed by atoms with Crippen molar-refractivity contribution in [2.45, 2.75) is 13.1 Å². The Labute approximate surface area is 125 Å². The van der Waals surface area contributed by atoms with Crippen molar-refractivity contribution in [3.63, 3.8) is 0 Å². The molecule has 1 heterocycles. The van der Waals surface area contributed by atoms with Crippen molar-refractivity contribution >= 4 is 11.7 Å². The highest BCUT2D eigenvalue weighted by Crippen LogP contribution is 2.31. The Morgan fingerprint density at radius 1 is 1.41 bits per heavy atom. The molecule has 22 heavy (non-hydrogen) atoms. The van der Waals surface area contributed by atoms with Crippen molar-refractivity contribution in [3.05, 3.63) is 53.4 Å². The lowest BCUT2D eigenvalue weighted by Gasteiger charge is -2.19. The molecule has 0 fully saturated rings. The maximum Gasteiger partial charge on any atom is 0.416 e. The van der Waals surface area contributed by atoms with E-state index < -0.39 is 17.7 Å². The van der Waals surface area contributed by atoms with Crippen LogP contribution in [0.25, 0.3) is 0 Å². The van der Waals surface area contributed by atoms with Crippen molar-refractivity contribution in [1.29, 1.82) is 0 Å². The summed E-state index contributed by atoms with van der Waals surface area (Å²) in [4.78, 5) is 11.8. The number of ether oxygens (including phenoxy) is 1. The first-order valence-corrected chi connectivity index (χ1v) is 6.68. The summed E-state index contributed by atoms with van der Waals surface area (Å²) in [6.07, 6.45) is -1.12. The van der Waals surface area contributed by atoms with E-state index in [1.54, 1.807) is 19.1 Å². The van der Waals surface area contributed by atoms with E-state index in [1.165, 1.54) is 12.1 Å². The van der Waals surface area contributed by atoms with Gasteiger partial charge in [-0.1, -0.05) is 12.1 Å². The normalized spacial score (nSPS) is 14.5. The number of esters is 1. The summed E-state index contributed by atoms with van der Waals surface area (Å²) >= 11 is 0. The largest absolute Gasteiger partial charge is 0.462 e. The number of hydrogen-bond donors (Lipinski definition) is 2. The molecule has 0 aliphatic carbocycles. The molecule has 0 atom stereocenters. The predicted octanol–water partition coefficient (Wildman–Crippen LogP) is 3.05. The lowest BCUT2D eigenvalue weighted by molar-refractivity contribution is -0.138. The molecule has 0 saturated carbocycles. The molecule has 0 radical (unpaired) electrons. The fraction of sp³-hybridized carbons (Fsp3) is 0.267. The Morgan fingerprint density at radius 3 is 2.86 bits per heavy atom. The second kappa shape index (κ2) is 6.55. The van der Waals surface area contributed by atoms with Crippen molar-refractivity contribution < 1.29 is 22.7 Å². The third kappa shape index (κ3) is 3.81. The molecule has 118 valence electrons. The molecule has 1 aliphatic rings. The number of dihydropyridines is 1. The maximum atomic E-state index is 12.7. The summed E-state index contributed by atoms with van der Waals surface area (Å²) < 4.78 is 43.1. The van der Waals surface area contributed by atoms with Gasteiger partial charge in [-0.2, -0.15) is 13.2 Å². The van der Waals surface area contributed by atoms with Gasteiger partial charge in [0.05, 0.1) is 17.7 Å². The maximum absolute atomic E-state index is 12.7. The Hall–Kier alpha value is -2.44. The molecule has 2 N–H and O–H groups in total. The average Bonchev–Trinajstić information content (AvgIpc) is 2.47. The van der Waals surface area contributed by atoms with Crippen LogP contribution in [-0.4, -0.2) is 19.1 Å². The topological polar surface area (TPSA) is 50.4 Å². The van der Waals surface area contributed by atoms with E-state index in [1.807, 2.05) is 0 Å². The van der Waals surface area contributed by atoms with Gasteiger partial charge in [0.15, 0.2) is 0 Å². The van der Waals surface area contributed by atoms with Crippen molar-refractivity contribution in [3.8, 4) is 0 Å². The average molecular weight is 312 g/mol. The quantitative estimate of drug-likeness (QED) is 0.839. The summed E-state index contributed by atoms with van der Waals surface area (Å²) in [5, 5.41) is 5.71. The van der Waals surface area contributed by atoms with Crippen molar-refractivity contribution in [2.75, 3.05) is 18.5 Å². The van der Waals surface area contributed by atoms with Gasteiger partial charge in [0.1, 0.15) is 5.82 Å². The molecule has 1 aromatic rings. The molecule has 0 unspecified atom stereocenters. The van der Waals surface area contributed by atoms with Crippen molar-refractivity contribution in [2.24, 2.45) is 0 Å². The number of hydrogen-bond acceptors (Lipinski definition) is 4. The zero-order valence-corrected chi connectivity index (χ0v) is 11.8. The van der Waals surface area contributed by atoms with Crippen molar-refractivity contribution in [1.82, 2.24) is 5.32 Å². The number of carbonyl (C=O) groups excluding carboxylic acids is 1. The SMILES string of the molecule is CCOC(=O)C1=C(Nc2cccc(C(F)(F)F)c2)NCC=C1. The molecule has 0 spiro atoms. The molecular weight excluding hydrogens is 297 g/mol. The van der Waals surface area contributed by atoms with Crippen LogP contribution in [0.3, 0.4) is 0 Å². The summed E-state index contributed by atoms with van der Waals surface area (Å²) in [5.41, 5.74) is -0.290. The van der Waals surface area contributed by atoms with Crippen LogP contribution in [0.5, 0.6) is 0 Å². The standard InChI is InChI=1S/C15H15F3N2O2/c1-2-22-14(21)12-7-4-8-19-13(12)20-11-6-3-5-10(9-11)15(16,17)18/h3-7,9,19-20H,2,8H2,1H3. The lowest BCUT2D eigenvalue weighted by Crippen LogP contribution is -2.27. The highest BCUT2D eigenvalue weighted by molar-refractivity contribution is 5.93. The van der Waals surface area contributed by atoms with Gasteiger partial charge in [-0.25, -0.2) is 4.79 Å². The van der Waals surface area contributed by atoms with E-state index in [2.05, 4.69) is 10.6 Å². The Kier molecular flexibility index (Phi) is 4.75. The molecule has 0 aromatic heterocycles. The second-order valence-corrected chi connectivity index (χ2v) is 4.50. The third-order valence-corrected chi connectivity index (χ3v) is 2.91. The minimum atomic E-state index is -4.42. The Balaban J connectivity index is 2.27. The second-order valence-electron chi connectivity index (χ2n) is 4.50. The molecule has 1 aromatic carbocycles. The number of anilines is 1. The molecule has 0 amide bonds. The first-order chi connectivity index (χ1) is 10.4. The van der Waals surface area contributed by atoms with E-state index in [9.17, 15) is 18.0 Å². The number of nitrogens with one attached hydrogen (secondary N) is 2. The van der Waals surface area contributed by atoms with Crippen LogP contribution in [0.4, 0.5) is 18.9 Å². The zero-order chi connectivity index (χ0) is 16.2. The summed E-state index contributed by atoms with van der Waals surface area (Å²) in [7, 11) is 0. The van der Waals surface area contributed by atoms with Crippen LogP contribution in [0, 0.1) is 0 Å². The summed E-state index contributed by atoms with van der Waals surface area (Å²) in [6, 6.07) is 4.76. The monoisotopic (exact) mass is 312 g/mol. The summed E-state index contributed by atoms with van der Waals surface area (Å²) in [6.45, 7) is 2.36. The Morgan fingerprint density at radius 2 is 2.18 bits per heavy atom. The van der Waals surface area contributed by atoms with Gasteiger partial charge < -0.3 is 15.4 Å². The first-order valence-electron chi connectivity index (χ1n) is 6.68. The summed E-state index contributed by atoms with van der Waals surface area (Å²) in [5.74, 6) is -0.222.